The minimum absolute atomic E-state index is 0.221. The Balaban J connectivity index is 2.05. The molecule has 0 saturated carbocycles. The molecule has 0 aliphatic rings. The maximum Gasteiger partial charge on any atom is 0.347 e. The van der Waals surface area contributed by atoms with E-state index < -0.39 is 11.6 Å². The molecule has 0 fully saturated rings. The lowest BCUT2D eigenvalue weighted by molar-refractivity contribution is -0.152. The van der Waals surface area contributed by atoms with Crippen molar-refractivity contribution >= 4 is 28.2 Å². The van der Waals surface area contributed by atoms with E-state index in [1.54, 1.807) is 24.3 Å². The van der Waals surface area contributed by atoms with Gasteiger partial charge in [-0.2, -0.15) is 0 Å². The molecular formula is C15H15NO4S. The van der Waals surface area contributed by atoms with Gasteiger partial charge in [-0.05, 0) is 55.6 Å². The molecule has 21 heavy (non-hydrogen) atoms. The summed E-state index contributed by atoms with van der Waals surface area (Å²) in [4.78, 5) is 23.0. The van der Waals surface area contributed by atoms with Gasteiger partial charge < -0.3 is 15.2 Å². The van der Waals surface area contributed by atoms with Crippen LogP contribution in [0.2, 0.25) is 0 Å². The number of aliphatic carboxylic acids is 1. The summed E-state index contributed by atoms with van der Waals surface area (Å²) in [5.41, 5.74) is -0.843. The average Bonchev–Trinajstić information content (AvgIpc) is 2.91. The Kier molecular flexibility index (Phi) is 4.28. The molecular weight excluding hydrogens is 290 g/mol. The predicted molar refractivity (Wildman–Crippen MR) is 81.1 cm³/mol. The van der Waals surface area contributed by atoms with Crippen LogP contribution in [0.1, 0.15) is 24.2 Å². The first-order chi connectivity index (χ1) is 9.88. The van der Waals surface area contributed by atoms with Crippen molar-refractivity contribution in [3.05, 3.63) is 47.3 Å². The van der Waals surface area contributed by atoms with Gasteiger partial charge in [0.2, 0.25) is 0 Å². The van der Waals surface area contributed by atoms with E-state index in [9.17, 15) is 9.59 Å². The zero-order valence-corrected chi connectivity index (χ0v) is 12.4. The van der Waals surface area contributed by atoms with E-state index in [4.69, 9.17) is 9.84 Å². The van der Waals surface area contributed by atoms with Crippen molar-refractivity contribution in [1.82, 2.24) is 0 Å². The van der Waals surface area contributed by atoms with Crippen LogP contribution in [0, 0.1) is 0 Å². The third-order valence-electron chi connectivity index (χ3n) is 2.76. The number of hydrogen-bond acceptors (Lipinski definition) is 4. The number of carboxylic acids is 1. The molecule has 0 radical (unpaired) electrons. The first-order valence-electron chi connectivity index (χ1n) is 6.26. The van der Waals surface area contributed by atoms with Gasteiger partial charge in [-0.1, -0.05) is 0 Å². The maximum atomic E-state index is 12.0. The lowest BCUT2D eigenvalue weighted by atomic mass is 10.1. The first kappa shape index (κ1) is 15.1. The van der Waals surface area contributed by atoms with Crippen molar-refractivity contribution in [1.29, 1.82) is 0 Å². The van der Waals surface area contributed by atoms with Gasteiger partial charge in [0, 0.05) is 5.56 Å². The van der Waals surface area contributed by atoms with Gasteiger partial charge >= 0.3 is 5.97 Å². The fourth-order valence-corrected chi connectivity index (χ4v) is 2.16. The molecule has 0 bridgehead atoms. The Morgan fingerprint density at radius 3 is 2.38 bits per heavy atom. The Morgan fingerprint density at radius 1 is 1.19 bits per heavy atom. The Morgan fingerprint density at radius 2 is 1.86 bits per heavy atom. The first-order valence-corrected chi connectivity index (χ1v) is 7.14. The maximum absolute atomic E-state index is 12.0. The Bertz CT molecular complexity index is 632. The number of carbonyl (C=O) groups excluding carboxylic acids is 1. The van der Waals surface area contributed by atoms with Crippen molar-refractivity contribution in [2.75, 3.05) is 5.32 Å². The van der Waals surface area contributed by atoms with E-state index in [2.05, 4.69) is 5.32 Å². The highest BCUT2D eigenvalue weighted by Crippen LogP contribution is 2.21. The number of amides is 1. The van der Waals surface area contributed by atoms with E-state index in [0.29, 0.717) is 11.3 Å². The zero-order valence-electron chi connectivity index (χ0n) is 11.6. The van der Waals surface area contributed by atoms with Crippen LogP contribution in [0.3, 0.4) is 0 Å². The SMILES string of the molecule is CC(C)(Oc1ccc(C(=O)Nc2cccs2)cc1)C(=O)O. The van der Waals surface area contributed by atoms with Crippen LogP contribution >= 0.6 is 11.3 Å². The molecule has 2 rings (SSSR count). The second kappa shape index (κ2) is 5.97. The number of carboxylic acid groups (broad SMARTS) is 1. The van der Waals surface area contributed by atoms with Gasteiger partial charge in [-0.25, -0.2) is 4.79 Å². The number of benzene rings is 1. The van der Waals surface area contributed by atoms with E-state index in [1.807, 2.05) is 17.5 Å². The van der Waals surface area contributed by atoms with E-state index in [0.717, 1.165) is 5.00 Å². The standard InChI is InChI=1S/C15H15NO4S/c1-15(2,14(18)19)20-11-7-5-10(6-8-11)13(17)16-12-4-3-9-21-12/h3-9H,1-2H3,(H,16,17)(H,18,19). The highest BCUT2D eigenvalue weighted by Gasteiger charge is 2.29. The number of rotatable bonds is 5. The van der Waals surface area contributed by atoms with Crippen LogP contribution in [-0.4, -0.2) is 22.6 Å². The normalized spacial score (nSPS) is 11.0. The molecule has 0 aliphatic carbocycles. The molecule has 1 amide bonds. The summed E-state index contributed by atoms with van der Waals surface area (Å²) in [6, 6.07) is 10.0. The van der Waals surface area contributed by atoms with Gasteiger partial charge in [0.1, 0.15) is 5.75 Å². The predicted octanol–water partition coefficient (Wildman–Crippen LogP) is 3.24. The summed E-state index contributed by atoms with van der Waals surface area (Å²) in [6.45, 7) is 2.93. The van der Waals surface area contributed by atoms with E-state index in [-0.39, 0.29) is 5.91 Å². The van der Waals surface area contributed by atoms with Crippen LogP contribution in [0.4, 0.5) is 5.00 Å². The molecule has 0 aliphatic heterocycles. The molecule has 0 spiro atoms. The highest BCUT2D eigenvalue weighted by molar-refractivity contribution is 7.14. The smallest absolute Gasteiger partial charge is 0.347 e. The van der Waals surface area contributed by atoms with Crippen molar-refractivity contribution < 1.29 is 19.4 Å². The molecule has 0 unspecified atom stereocenters. The summed E-state index contributed by atoms with van der Waals surface area (Å²) in [7, 11) is 0. The van der Waals surface area contributed by atoms with Crippen molar-refractivity contribution in [2.45, 2.75) is 19.4 Å². The summed E-state index contributed by atoms with van der Waals surface area (Å²) >= 11 is 1.44. The summed E-state index contributed by atoms with van der Waals surface area (Å²) in [5.74, 6) is -0.876. The summed E-state index contributed by atoms with van der Waals surface area (Å²) in [5, 5.41) is 14.4. The van der Waals surface area contributed by atoms with E-state index in [1.165, 1.54) is 25.2 Å². The van der Waals surface area contributed by atoms with Crippen LogP contribution in [-0.2, 0) is 4.79 Å². The summed E-state index contributed by atoms with van der Waals surface area (Å²) in [6.07, 6.45) is 0. The van der Waals surface area contributed by atoms with Crippen LogP contribution in [0.25, 0.3) is 0 Å². The fourth-order valence-electron chi connectivity index (χ4n) is 1.55. The van der Waals surface area contributed by atoms with Crippen LogP contribution in [0.5, 0.6) is 5.75 Å². The lowest BCUT2D eigenvalue weighted by Crippen LogP contribution is -2.37. The molecule has 1 heterocycles. The molecule has 2 N–H and O–H groups in total. The molecule has 1 aromatic heterocycles. The second-order valence-corrected chi connectivity index (χ2v) is 5.82. The molecule has 5 nitrogen and oxygen atoms in total. The average molecular weight is 305 g/mol. The molecule has 110 valence electrons. The molecule has 1 aromatic carbocycles. The number of nitrogens with one attached hydrogen (secondary N) is 1. The third-order valence-corrected chi connectivity index (χ3v) is 3.55. The number of anilines is 1. The number of hydrogen-bond donors (Lipinski definition) is 2. The van der Waals surface area contributed by atoms with Crippen molar-refractivity contribution in [3.63, 3.8) is 0 Å². The van der Waals surface area contributed by atoms with Crippen LogP contribution in [0.15, 0.2) is 41.8 Å². The minimum atomic E-state index is -1.32. The molecule has 0 atom stereocenters. The number of ether oxygens (including phenoxy) is 1. The fraction of sp³-hybridized carbons (Fsp3) is 0.200. The zero-order chi connectivity index (χ0) is 15.5. The Hall–Kier alpha value is -2.34. The van der Waals surface area contributed by atoms with Gasteiger partial charge in [-0.15, -0.1) is 11.3 Å². The van der Waals surface area contributed by atoms with Gasteiger partial charge in [0.25, 0.3) is 5.91 Å². The van der Waals surface area contributed by atoms with Gasteiger partial charge in [0.05, 0.1) is 5.00 Å². The van der Waals surface area contributed by atoms with E-state index >= 15 is 0 Å². The third kappa shape index (κ3) is 3.82. The minimum Gasteiger partial charge on any atom is -0.478 e. The van der Waals surface area contributed by atoms with Crippen molar-refractivity contribution in [2.24, 2.45) is 0 Å². The van der Waals surface area contributed by atoms with Gasteiger partial charge in [0.15, 0.2) is 5.60 Å². The highest BCUT2D eigenvalue weighted by atomic mass is 32.1. The monoisotopic (exact) mass is 305 g/mol. The largest absolute Gasteiger partial charge is 0.478 e. The van der Waals surface area contributed by atoms with Crippen molar-refractivity contribution in [3.8, 4) is 5.75 Å². The quantitative estimate of drug-likeness (QED) is 0.889. The molecule has 0 saturated heterocycles. The number of thiophene rings is 1. The summed E-state index contributed by atoms with van der Waals surface area (Å²) < 4.78 is 5.37. The van der Waals surface area contributed by atoms with Gasteiger partial charge in [-0.3, -0.25) is 4.79 Å². The number of carbonyl (C=O) groups is 2. The Labute approximate surface area is 126 Å². The topological polar surface area (TPSA) is 75.6 Å². The molecule has 2 aromatic rings. The van der Waals surface area contributed by atoms with Crippen LogP contribution < -0.4 is 10.1 Å². The molecule has 6 heteroatoms. The second-order valence-electron chi connectivity index (χ2n) is 4.87. The lowest BCUT2D eigenvalue weighted by Gasteiger charge is -2.21.